The third-order valence-electron chi connectivity index (χ3n) is 5.52. The molecule has 1 amide bonds. The second-order valence-electron chi connectivity index (χ2n) is 6.88. The molecule has 5 nitrogen and oxygen atoms in total. The molecule has 3 atom stereocenters. The first-order chi connectivity index (χ1) is 11.6. The smallest absolute Gasteiger partial charge is 0.257 e. The van der Waals surface area contributed by atoms with Gasteiger partial charge in [-0.15, -0.1) is 12.4 Å². The number of likely N-dealkylation sites (tertiary alicyclic amines) is 1. The maximum atomic E-state index is 14.0. The summed E-state index contributed by atoms with van der Waals surface area (Å²) in [4.78, 5) is 14.8. The Labute approximate surface area is 152 Å². The summed E-state index contributed by atoms with van der Waals surface area (Å²) < 4.78 is 15.5. The number of hydrogen-bond donors (Lipinski definition) is 1. The number of aromatic nitrogens is 2. The fourth-order valence-electron chi connectivity index (χ4n) is 4.13. The Balaban J connectivity index is 0.00000182. The first-order valence-corrected chi connectivity index (χ1v) is 8.40. The minimum Gasteiger partial charge on any atom is -0.338 e. The molecule has 1 aromatic heterocycles. The van der Waals surface area contributed by atoms with Crippen molar-refractivity contribution in [1.82, 2.24) is 14.7 Å². The second-order valence-corrected chi connectivity index (χ2v) is 6.88. The average molecular weight is 365 g/mol. The first-order valence-electron chi connectivity index (χ1n) is 8.40. The number of carbonyl (C=O) groups excluding carboxylic acids is 1. The van der Waals surface area contributed by atoms with Gasteiger partial charge in [0.2, 0.25) is 0 Å². The molecule has 7 heteroatoms. The lowest BCUT2D eigenvalue weighted by molar-refractivity contribution is 0.0779. The highest BCUT2D eigenvalue weighted by Crippen LogP contribution is 2.37. The molecule has 0 spiro atoms. The Hall–Kier alpha value is -1.92. The van der Waals surface area contributed by atoms with Gasteiger partial charge in [-0.25, -0.2) is 9.07 Å². The Morgan fingerprint density at radius 1 is 1.28 bits per heavy atom. The molecule has 4 rings (SSSR count). The van der Waals surface area contributed by atoms with Crippen LogP contribution in [0.3, 0.4) is 0 Å². The fraction of sp³-hybridized carbons (Fsp3) is 0.444. The van der Waals surface area contributed by atoms with Crippen molar-refractivity contribution in [1.29, 1.82) is 0 Å². The molecule has 0 bridgehead atoms. The number of para-hydroxylation sites is 1. The highest BCUT2D eigenvalue weighted by molar-refractivity contribution is 5.95. The van der Waals surface area contributed by atoms with Crippen LogP contribution in [-0.4, -0.2) is 39.7 Å². The van der Waals surface area contributed by atoms with E-state index in [9.17, 15) is 9.18 Å². The van der Waals surface area contributed by atoms with Gasteiger partial charge in [-0.1, -0.05) is 12.1 Å². The van der Waals surface area contributed by atoms with Crippen LogP contribution in [0.1, 0.15) is 28.9 Å². The van der Waals surface area contributed by atoms with Gasteiger partial charge >= 0.3 is 0 Å². The molecular weight excluding hydrogens is 343 g/mol. The molecule has 2 fully saturated rings. The number of benzene rings is 1. The van der Waals surface area contributed by atoms with E-state index in [0.717, 1.165) is 25.9 Å². The lowest BCUT2D eigenvalue weighted by Crippen LogP contribution is -2.33. The second kappa shape index (κ2) is 6.77. The van der Waals surface area contributed by atoms with Gasteiger partial charge in [0.1, 0.15) is 11.5 Å². The van der Waals surface area contributed by atoms with Crippen LogP contribution in [0.5, 0.6) is 0 Å². The summed E-state index contributed by atoms with van der Waals surface area (Å²) in [6, 6.07) is 6.64. The van der Waals surface area contributed by atoms with Gasteiger partial charge < -0.3 is 10.6 Å². The van der Waals surface area contributed by atoms with Gasteiger partial charge in [0.25, 0.3) is 5.91 Å². The molecule has 1 aromatic carbocycles. The maximum absolute atomic E-state index is 14.0. The number of nitrogens with zero attached hydrogens (tertiary/aromatic N) is 3. The average Bonchev–Trinajstić information content (AvgIpc) is 3.24. The third-order valence-corrected chi connectivity index (χ3v) is 5.52. The van der Waals surface area contributed by atoms with E-state index in [1.165, 1.54) is 16.9 Å². The van der Waals surface area contributed by atoms with Crippen molar-refractivity contribution in [3.63, 3.8) is 0 Å². The summed E-state index contributed by atoms with van der Waals surface area (Å²) in [5.41, 5.74) is 7.70. The van der Waals surface area contributed by atoms with E-state index in [4.69, 9.17) is 5.73 Å². The summed E-state index contributed by atoms with van der Waals surface area (Å²) in [5, 5.41) is 4.23. The van der Waals surface area contributed by atoms with Crippen LogP contribution in [0.4, 0.5) is 4.39 Å². The molecule has 2 heterocycles. The zero-order chi connectivity index (χ0) is 16.8. The normalized spacial score (nSPS) is 24.9. The van der Waals surface area contributed by atoms with E-state index < -0.39 is 0 Å². The number of amides is 1. The van der Waals surface area contributed by atoms with Crippen LogP contribution in [0.2, 0.25) is 0 Å². The Bertz CT molecular complexity index is 793. The summed E-state index contributed by atoms with van der Waals surface area (Å²) >= 11 is 0. The van der Waals surface area contributed by atoms with Crippen molar-refractivity contribution >= 4 is 18.3 Å². The molecule has 2 N–H and O–H groups in total. The van der Waals surface area contributed by atoms with Crippen LogP contribution in [0.15, 0.2) is 30.5 Å². The predicted octanol–water partition coefficient (Wildman–Crippen LogP) is 2.55. The van der Waals surface area contributed by atoms with Crippen molar-refractivity contribution in [2.24, 2.45) is 17.6 Å². The van der Waals surface area contributed by atoms with Crippen molar-refractivity contribution in [2.75, 3.05) is 13.1 Å². The van der Waals surface area contributed by atoms with Gasteiger partial charge in [0.15, 0.2) is 0 Å². The van der Waals surface area contributed by atoms with Gasteiger partial charge in [-0.3, -0.25) is 4.79 Å². The molecule has 25 heavy (non-hydrogen) atoms. The molecule has 134 valence electrons. The predicted molar refractivity (Wildman–Crippen MR) is 95.6 cm³/mol. The molecule has 1 saturated heterocycles. The van der Waals surface area contributed by atoms with E-state index in [1.807, 2.05) is 4.90 Å². The van der Waals surface area contributed by atoms with Crippen LogP contribution in [-0.2, 0) is 0 Å². The van der Waals surface area contributed by atoms with Crippen LogP contribution in [0, 0.1) is 24.6 Å². The SMILES string of the molecule is Cc1c(C(=O)N2CC3CCC(N)C3C2)cnn1-c1ccccc1F.Cl. The van der Waals surface area contributed by atoms with Crippen LogP contribution in [0.25, 0.3) is 5.69 Å². The van der Waals surface area contributed by atoms with E-state index in [1.54, 1.807) is 25.1 Å². The number of hydrogen-bond acceptors (Lipinski definition) is 3. The van der Waals surface area contributed by atoms with Gasteiger partial charge in [-0.05, 0) is 43.7 Å². The van der Waals surface area contributed by atoms with Crippen molar-refractivity contribution in [3.05, 3.63) is 47.5 Å². The maximum Gasteiger partial charge on any atom is 0.257 e. The molecule has 1 aliphatic heterocycles. The highest BCUT2D eigenvalue weighted by atomic mass is 35.5. The van der Waals surface area contributed by atoms with Crippen molar-refractivity contribution in [2.45, 2.75) is 25.8 Å². The standard InChI is InChI=1S/C18H21FN4O.ClH/c1-11-13(8-21-23(11)17-5-3-2-4-15(17)19)18(24)22-9-12-6-7-16(20)14(12)10-22;/h2-5,8,12,14,16H,6-7,9-10,20H2,1H3;1H. The lowest BCUT2D eigenvalue weighted by atomic mass is 9.98. The third kappa shape index (κ3) is 2.93. The van der Waals surface area contributed by atoms with E-state index in [0.29, 0.717) is 28.8 Å². The zero-order valence-electron chi connectivity index (χ0n) is 14.1. The molecule has 0 radical (unpaired) electrons. The van der Waals surface area contributed by atoms with Crippen molar-refractivity contribution < 1.29 is 9.18 Å². The summed E-state index contributed by atoms with van der Waals surface area (Å²) in [7, 11) is 0. The molecular formula is C18H22ClFN4O. The van der Waals surface area contributed by atoms with E-state index in [-0.39, 0.29) is 30.2 Å². The minimum absolute atomic E-state index is 0. The monoisotopic (exact) mass is 364 g/mol. The molecule has 3 unspecified atom stereocenters. The molecule has 1 saturated carbocycles. The Morgan fingerprint density at radius 3 is 2.76 bits per heavy atom. The van der Waals surface area contributed by atoms with Gasteiger partial charge in [0, 0.05) is 19.1 Å². The van der Waals surface area contributed by atoms with Crippen molar-refractivity contribution in [3.8, 4) is 5.69 Å². The van der Waals surface area contributed by atoms with Crippen LogP contribution >= 0.6 is 12.4 Å². The van der Waals surface area contributed by atoms with E-state index >= 15 is 0 Å². The molecule has 2 aliphatic rings. The minimum atomic E-state index is -0.357. The molecule has 1 aliphatic carbocycles. The largest absolute Gasteiger partial charge is 0.338 e. The summed E-state index contributed by atoms with van der Waals surface area (Å²) in [5.74, 6) is 0.544. The highest BCUT2D eigenvalue weighted by Gasteiger charge is 2.43. The number of halogens is 2. The number of fused-ring (bicyclic) bond motifs is 1. The summed E-state index contributed by atoms with van der Waals surface area (Å²) in [6.45, 7) is 3.28. The van der Waals surface area contributed by atoms with E-state index in [2.05, 4.69) is 5.10 Å². The first kappa shape index (κ1) is 17.9. The van der Waals surface area contributed by atoms with Gasteiger partial charge in [-0.2, -0.15) is 5.10 Å². The topological polar surface area (TPSA) is 64.2 Å². The number of carbonyl (C=O) groups is 1. The lowest BCUT2D eigenvalue weighted by Gasteiger charge is -2.18. The Morgan fingerprint density at radius 2 is 2.04 bits per heavy atom. The van der Waals surface area contributed by atoms with Crippen LogP contribution < -0.4 is 5.73 Å². The summed E-state index contributed by atoms with van der Waals surface area (Å²) in [6.07, 6.45) is 3.70. The zero-order valence-corrected chi connectivity index (χ0v) is 14.9. The van der Waals surface area contributed by atoms with Gasteiger partial charge in [0.05, 0.1) is 17.5 Å². The number of rotatable bonds is 2. The number of nitrogens with two attached hydrogens (primary N) is 1. The molecule has 2 aromatic rings. The quantitative estimate of drug-likeness (QED) is 0.890. The Kier molecular flexibility index (Phi) is 4.84. The fourth-order valence-corrected chi connectivity index (χ4v) is 4.13.